The molecule has 0 aromatic carbocycles. The third-order valence-corrected chi connectivity index (χ3v) is 5.93. The van der Waals surface area contributed by atoms with Gasteiger partial charge in [0.05, 0.1) is 11.2 Å². The summed E-state index contributed by atoms with van der Waals surface area (Å²) in [6.45, 7) is 10.5. The summed E-state index contributed by atoms with van der Waals surface area (Å²) >= 11 is 0. The molecule has 0 spiro atoms. The highest BCUT2D eigenvalue weighted by molar-refractivity contribution is 5.71. The number of hydrogen-bond donors (Lipinski definition) is 0. The van der Waals surface area contributed by atoms with Crippen LogP contribution in [0.25, 0.3) is 11.2 Å². The van der Waals surface area contributed by atoms with Crippen molar-refractivity contribution in [3.8, 4) is 0 Å². The van der Waals surface area contributed by atoms with E-state index in [0.29, 0.717) is 43.6 Å². The fourth-order valence-electron chi connectivity index (χ4n) is 4.31. The van der Waals surface area contributed by atoms with Crippen molar-refractivity contribution in [2.24, 2.45) is 5.92 Å². The van der Waals surface area contributed by atoms with Gasteiger partial charge in [0, 0.05) is 37.8 Å². The van der Waals surface area contributed by atoms with E-state index in [9.17, 15) is 4.79 Å². The molecular formula is C22H29FN6O. The number of imidazole rings is 1. The molecule has 0 saturated carbocycles. The van der Waals surface area contributed by atoms with Crippen LogP contribution in [0.1, 0.15) is 46.2 Å². The molecule has 0 bridgehead atoms. The maximum atomic E-state index is 15.0. The number of pyridine rings is 1. The molecular weight excluding hydrogens is 383 g/mol. The van der Waals surface area contributed by atoms with Crippen molar-refractivity contribution in [2.45, 2.75) is 59.0 Å². The van der Waals surface area contributed by atoms with Crippen LogP contribution in [-0.2, 0) is 18.5 Å². The lowest BCUT2D eigenvalue weighted by molar-refractivity contribution is 0.351. The zero-order chi connectivity index (χ0) is 21.5. The molecule has 7 nitrogen and oxygen atoms in total. The summed E-state index contributed by atoms with van der Waals surface area (Å²) < 4.78 is 18.6. The second-order valence-electron chi connectivity index (χ2n) is 9.02. The number of rotatable bonds is 4. The maximum absolute atomic E-state index is 15.0. The second-order valence-corrected chi connectivity index (χ2v) is 9.02. The van der Waals surface area contributed by atoms with E-state index in [0.717, 1.165) is 24.0 Å². The summed E-state index contributed by atoms with van der Waals surface area (Å²) in [5.41, 5.74) is 1.68. The van der Waals surface area contributed by atoms with Crippen molar-refractivity contribution >= 4 is 17.0 Å². The van der Waals surface area contributed by atoms with Crippen LogP contribution in [0.5, 0.6) is 0 Å². The van der Waals surface area contributed by atoms with E-state index in [1.54, 1.807) is 15.3 Å². The van der Waals surface area contributed by atoms with Gasteiger partial charge in [-0.15, -0.1) is 0 Å². The van der Waals surface area contributed by atoms with Gasteiger partial charge in [0.25, 0.3) is 0 Å². The van der Waals surface area contributed by atoms with Crippen LogP contribution in [0.4, 0.5) is 10.2 Å². The van der Waals surface area contributed by atoms with Gasteiger partial charge in [-0.3, -0.25) is 9.13 Å². The average molecular weight is 413 g/mol. The monoisotopic (exact) mass is 412 g/mol. The van der Waals surface area contributed by atoms with E-state index in [1.165, 1.54) is 6.33 Å². The molecule has 160 valence electrons. The molecule has 4 rings (SSSR count). The molecule has 4 heterocycles. The van der Waals surface area contributed by atoms with Gasteiger partial charge in [0.1, 0.15) is 6.33 Å². The molecule has 1 aliphatic heterocycles. The minimum absolute atomic E-state index is 0.00899. The molecule has 0 N–H and O–H groups in total. The van der Waals surface area contributed by atoms with E-state index < -0.39 is 0 Å². The number of piperidine rings is 1. The first-order chi connectivity index (χ1) is 14.3. The fourth-order valence-corrected chi connectivity index (χ4v) is 4.31. The summed E-state index contributed by atoms with van der Waals surface area (Å²) in [6, 6.07) is 3.80. The lowest BCUT2D eigenvalue weighted by Gasteiger charge is -2.33. The van der Waals surface area contributed by atoms with Crippen molar-refractivity contribution in [1.82, 2.24) is 24.1 Å². The third kappa shape index (κ3) is 3.59. The van der Waals surface area contributed by atoms with Gasteiger partial charge >= 0.3 is 5.69 Å². The topological polar surface area (TPSA) is 68.8 Å². The Hall–Kier alpha value is -2.77. The predicted molar refractivity (Wildman–Crippen MR) is 115 cm³/mol. The molecule has 3 aromatic rings. The number of aromatic nitrogens is 5. The number of nitrogens with zero attached hydrogens (tertiary/aromatic N) is 6. The molecule has 1 aliphatic rings. The minimum atomic E-state index is -0.373. The number of halogens is 1. The maximum Gasteiger partial charge on any atom is 0.330 e. The molecule has 0 unspecified atom stereocenters. The smallest absolute Gasteiger partial charge is 0.330 e. The van der Waals surface area contributed by atoms with Crippen molar-refractivity contribution in [3.63, 3.8) is 0 Å². The normalized spacial score (nSPS) is 15.8. The quantitative estimate of drug-likeness (QED) is 0.657. The van der Waals surface area contributed by atoms with Crippen molar-refractivity contribution in [3.05, 3.63) is 46.7 Å². The zero-order valence-corrected chi connectivity index (χ0v) is 18.1. The average Bonchev–Trinajstić information content (AvgIpc) is 2.99. The summed E-state index contributed by atoms with van der Waals surface area (Å²) in [5, 5.41) is 0. The SMILES string of the molecule is CCn1c(=O)n(CC2CCN(c3ncnc(C(C)(C)C)c3F)CC2)c2ncccc21. The van der Waals surface area contributed by atoms with Gasteiger partial charge in [-0.1, -0.05) is 20.8 Å². The Morgan fingerprint density at radius 2 is 1.87 bits per heavy atom. The summed E-state index contributed by atoms with van der Waals surface area (Å²) in [7, 11) is 0. The van der Waals surface area contributed by atoms with Gasteiger partial charge in [-0.2, -0.15) is 0 Å². The molecule has 3 aromatic heterocycles. The lowest BCUT2D eigenvalue weighted by atomic mass is 9.91. The second kappa shape index (κ2) is 7.81. The Balaban J connectivity index is 1.51. The van der Waals surface area contributed by atoms with E-state index in [-0.39, 0.29) is 16.9 Å². The van der Waals surface area contributed by atoms with Crippen molar-refractivity contribution < 1.29 is 4.39 Å². The molecule has 0 atom stereocenters. The highest BCUT2D eigenvalue weighted by Gasteiger charge is 2.28. The van der Waals surface area contributed by atoms with Gasteiger partial charge in [0.15, 0.2) is 17.3 Å². The Bertz CT molecular complexity index is 1100. The van der Waals surface area contributed by atoms with Crippen LogP contribution in [-0.4, -0.2) is 37.2 Å². The predicted octanol–water partition coefficient (Wildman–Crippen LogP) is 3.36. The van der Waals surface area contributed by atoms with Gasteiger partial charge in [-0.05, 0) is 37.8 Å². The van der Waals surface area contributed by atoms with E-state index in [2.05, 4.69) is 15.0 Å². The highest BCUT2D eigenvalue weighted by Crippen LogP contribution is 2.30. The molecule has 1 saturated heterocycles. The van der Waals surface area contributed by atoms with Crippen LogP contribution in [0.15, 0.2) is 29.5 Å². The molecule has 1 fully saturated rings. The number of anilines is 1. The first kappa shape index (κ1) is 20.5. The Morgan fingerprint density at radius 3 is 2.53 bits per heavy atom. The lowest BCUT2D eigenvalue weighted by Crippen LogP contribution is -2.38. The van der Waals surface area contributed by atoms with Crippen molar-refractivity contribution in [2.75, 3.05) is 18.0 Å². The Morgan fingerprint density at radius 1 is 1.13 bits per heavy atom. The Kier molecular flexibility index (Phi) is 5.34. The van der Waals surface area contributed by atoms with Crippen LogP contribution >= 0.6 is 0 Å². The van der Waals surface area contributed by atoms with Gasteiger partial charge in [-0.25, -0.2) is 24.1 Å². The summed E-state index contributed by atoms with van der Waals surface area (Å²) in [5.74, 6) is 0.397. The number of hydrogen-bond acceptors (Lipinski definition) is 5. The largest absolute Gasteiger partial charge is 0.354 e. The van der Waals surface area contributed by atoms with E-state index in [1.807, 2.05) is 44.7 Å². The van der Waals surface area contributed by atoms with E-state index >= 15 is 4.39 Å². The standard InChI is InChI=1S/C22H29FN6O/c1-5-28-16-7-6-10-24-19(16)29(21(28)30)13-15-8-11-27(12-9-15)20-17(23)18(22(2,3)4)25-14-26-20/h6-7,10,14-15H,5,8-9,11-13H2,1-4H3. The minimum Gasteiger partial charge on any atom is -0.354 e. The summed E-state index contributed by atoms with van der Waals surface area (Å²) in [6.07, 6.45) is 4.92. The zero-order valence-electron chi connectivity index (χ0n) is 18.1. The van der Waals surface area contributed by atoms with Gasteiger partial charge < -0.3 is 4.90 Å². The summed E-state index contributed by atoms with van der Waals surface area (Å²) in [4.78, 5) is 27.7. The van der Waals surface area contributed by atoms with Crippen LogP contribution in [0.2, 0.25) is 0 Å². The first-order valence-corrected chi connectivity index (χ1v) is 10.6. The Labute approximate surface area is 175 Å². The van der Waals surface area contributed by atoms with Crippen LogP contribution < -0.4 is 10.6 Å². The van der Waals surface area contributed by atoms with Crippen LogP contribution in [0.3, 0.4) is 0 Å². The van der Waals surface area contributed by atoms with E-state index in [4.69, 9.17) is 0 Å². The number of aryl methyl sites for hydroxylation is 1. The molecule has 0 radical (unpaired) electrons. The highest BCUT2D eigenvalue weighted by atomic mass is 19.1. The fraction of sp³-hybridized carbons (Fsp3) is 0.545. The molecule has 0 aliphatic carbocycles. The van der Waals surface area contributed by atoms with Crippen LogP contribution in [0, 0.1) is 11.7 Å². The third-order valence-electron chi connectivity index (χ3n) is 5.93. The number of fused-ring (bicyclic) bond motifs is 1. The van der Waals surface area contributed by atoms with Gasteiger partial charge in [0.2, 0.25) is 0 Å². The molecule has 30 heavy (non-hydrogen) atoms. The van der Waals surface area contributed by atoms with Crippen molar-refractivity contribution in [1.29, 1.82) is 0 Å². The first-order valence-electron chi connectivity index (χ1n) is 10.6. The molecule has 8 heteroatoms. The molecule has 0 amide bonds.